The quantitative estimate of drug-likeness (QED) is 0.822. The molecule has 1 aliphatic rings. The van der Waals surface area contributed by atoms with Gasteiger partial charge in [0.05, 0.1) is 12.7 Å². The van der Waals surface area contributed by atoms with E-state index in [1.165, 1.54) is 0 Å². The largest absolute Gasteiger partial charge is 0.497 e. The molecule has 1 aromatic rings. The third-order valence-electron chi connectivity index (χ3n) is 2.85. The lowest BCUT2D eigenvalue weighted by molar-refractivity contribution is -0.0663. The number of methoxy groups -OCH3 is 1. The van der Waals surface area contributed by atoms with E-state index in [9.17, 15) is 5.11 Å². The van der Waals surface area contributed by atoms with Crippen molar-refractivity contribution >= 4 is 0 Å². The zero-order valence-electron chi connectivity index (χ0n) is 8.90. The van der Waals surface area contributed by atoms with Crippen molar-refractivity contribution in [3.8, 4) is 11.5 Å². The molecule has 0 unspecified atom stereocenters. The lowest BCUT2D eigenvalue weighted by Gasteiger charge is -2.35. The second-order valence-electron chi connectivity index (χ2n) is 4.04. The van der Waals surface area contributed by atoms with Gasteiger partial charge >= 0.3 is 0 Å². The zero-order valence-corrected chi connectivity index (χ0v) is 8.90. The minimum atomic E-state index is -0.583. The van der Waals surface area contributed by atoms with Gasteiger partial charge in [-0.2, -0.15) is 0 Å². The molecule has 0 aromatic heterocycles. The number of hydrogen-bond acceptors (Lipinski definition) is 3. The Morgan fingerprint density at radius 2 is 1.80 bits per heavy atom. The minimum absolute atomic E-state index is 0.388. The Bertz CT molecular complexity index is 314. The summed E-state index contributed by atoms with van der Waals surface area (Å²) in [6.45, 7) is 0.388. The molecule has 0 heterocycles. The fourth-order valence-electron chi connectivity index (χ4n) is 1.62. The Balaban J connectivity index is 1.87. The van der Waals surface area contributed by atoms with E-state index in [2.05, 4.69) is 0 Å². The molecule has 1 aliphatic carbocycles. The number of aliphatic hydroxyl groups is 1. The normalized spacial score (nSPS) is 18.0. The van der Waals surface area contributed by atoms with E-state index in [1.54, 1.807) is 7.11 Å². The fraction of sp³-hybridized carbons (Fsp3) is 0.500. The Kier molecular flexibility index (Phi) is 2.82. The van der Waals surface area contributed by atoms with Crippen molar-refractivity contribution in [1.29, 1.82) is 0 Å². The first-order valence-corrected chi connectivity index (χ1v) is 5.21. The molecule has 3 heteroatoms. The number of ether oxygens (including phenoxy) is 2. The van der Waals surface area contributed by atoms with E-state index in [1.807, 2.05) is 24.3 Å². The summed E-state index contributed by atoms with van der Waals surface area (Å²) in [5, 5.41) is 9.82. The molecule has 0 radical (unpaired) electrons. The Morgan fingerprint density at radius 3 is 2.27 bits per heavy atom. The maximum absolute atomic E-state index is 9.82. The van der Waals surface area contributed by atoms with Crippen molar-refractivity contribution in [1.82, 2.24) is 0 Å². The summed E-state index contributed by atoms with van der Waals surface area (Å²) in [6.07, 6.45) is 2.80. The van der Waals surface area contributed by atoms with Crippen LogP contribution in [0.4, 0.5) is 0 Å². The van der Waals surface area contributed by atoms with Crippen LogP contribution in [-0.4, -0.2) is 24.4 Å². The highest BCUT2D eigenvalue weighted by atomic mass is 16.5. The van der Waals surface area contributed by atoms with Crippen LogP contribution in [-0.2, 0) is 0 Å². The van der Waals surface area contributed by atoms with Crippen LogP contribution in [0.25, 0.3) is 0 Å². The van der Waals surface area contributed by atoms with Crippen LogP contribution in [0.2, 0.25) is 0 Å². The van der Waals surface area contributed by atoms with Crippen LogP contribution < -0.4 is 9.47 Å². The SMILES string of the molecule is COc1ccc(OCC2(O)CCC2)cc1. The van der Waals surface area contributed by atoms with Crippen molar-refractivity contribution in [3.63, 3.8) is 0 Å². The van der Waals surface area contributed by atoms with E-state index < -0.39 is 5.60 Å². The smallest absolute Gasteiger partial charge is 0.119 e. The summed E-state index contributed by atoms with van der Waals surface area (Å²) >= 11 is 0. The maximum atomic E-state index is 9.82. The molecule has 1 aromatic carbocycles. The lowest BCUT2D eigenvalue weighted by Crippen LogP contribution is -2.42. The predicted molar refractivity (Wildman–Crippen MR) is 57.3 cm³/mol. The number of benzene rings is 1. The molecular formula is C12H16O3. The van der Waals surface area contributed by atoms with Gasteiger partial charge in [-0.15, -0.1) is 0 Å². The summed E-state index contributed by atoms with van der Waals surface area (Å²) in [5.41, 5.74) is -0.583. The Hall–Kier alpha value is -1.22. The van der Waals surface area contributed by atoms with Crippen LogP contribution in [0, 0.1) is 0 Å². The molecule has 82 valence electrons. The average Bonchev–Trinajstić information content (AvgIpc) is 2.24. The number of hydrogen-bond donors (Lipinski definition) is 1. The van der Waals surface area contributed by atoms with Crippen LogP contribution in [0.15, 0.2) is 24.3 Å². The Labute approximate surface area is 89.6 Å². The van der Waals surface area contributed by atoms with Gasteiger partial charge in [-0.05, 0) is 43.5 Å². The lowest BCUT2D eigenvalue weighted by atomic mass is 9.81. The monoisotopic (exact) mass is 208 g/mol. The molecule has 0 atom stereocenters. The second kappa shape index (κ2) is 4.11. The van der Waals surface area contributed by atoms with Crippen LogP contribution >= 0.6 is 0 Å². The molecule has 3 nitrogen and oxygen atoms in total. The highest BCUT2D eigenvalue weighted by molar-refractivity contribution is 5.31. The summed E-state index contributed by atoms with van der Waals surface area (Å²) in [5.74, 6) is 1.58. The van der Waals surface area contributed by atoms with Crippen LogP contribution in [0.5, 0.6) is 11.5 Å². The molecule has 0 aliphatic heterocycles. The number of rotatable bonds is 4. The first-order chi connectivity index (χ1) is 7.22. The molecule has 0 bridgehead atoms. The van der Waals surface area contributed by atoms with E-state index >= 15 is 0 Å². The molecule has 2 rings (SSSR count). The average molecular weight is 208 g/mol. The third-order valence-corrected chi connectivity index (χ3v) is 2.85. The van der Waals surface area contributed by atoms with Gasteiger partial charge in [-0.3, -0.25) is 0 Å². The van der Waals surface area contributed by atoms with Gasteiger partial charge in [0.15, 0.2) is 0 Å². The van der Waals surface area contributed by atoms with Crippen molar-refractivity contribution in [3.05, 3.63) is 24.3 Å². The van der Waals surface area contributed by atoms with Crippen LogP contribution in [0.3, 0.4) is 0 Å². The Morgan fingerprint density at radius 1 is 1.20 bits per heavy atom. The van der Waals surface area contributed by atoms with Crippen molar-refractivity contribution < 1.29 is 14.6 Å². The highest BCUT2D eigenvalue weighted by Gasteiger charge is 2.35. The molecule has 0 saturated heterocycles. The second-order valence-corrected chi connectivity index (χ2v) is 4.04. The fourth-order valence-corrected chi connectivity index (χ4v) is 1.62. The molecule has 0 amide bonds. The summed E-state index contributed by atoms with van der Waals surface area (Å²) in [7, 11) is 1.63. The van der Waals surface area contributed by atoms with Crippen molar-refractivity contribution in [2.75, 3.05) is 13.7 Å². The first kappa shape index (κ1) is 10.3. The molecule has 15 heavy (non-hydrogen) atoms. The third kappa shape index (κ3) is 2.42. The standard InChI is InChI=1S/C12H16O3/c1-14-10-3-5-11(6-4-10)15-9-12(13)7-2-8-12/h3-6,13H,2,7-9H2,1H3. The molecular weight excluding hydrogens is 192 g/mol. The van der Waals surface area contributed by atoms with E-state index in [0.29, 0.717) is 6.61 Å². The first-order valence-electron chi connectivity index (χ1n) is 5.21. The van der Waals surface area contributed by atoms with E-state index in [-0.39, 0.29) is 0 Å². The summed E-state index contributed by atoms with van der Waals surface area (Å²) < 4.78 is 10.5. The maximum Gasteiger partial charge on any atom is 0.119 e. The van der Waals surface area contributed by atoms with Crippen molar-refractivity contribution in [2.24, 2.45) is 0 Å². The minimum Gasteiger partial charge on any atom is -0.497 e. The summed E-state index contributed by atoms with van der Waals surface area (Å²) in [6, 6.07) is 7.39. The predicted octanol–water partition coefficient (Wildman–Crippen LogP) is 1.99. The highest BCUT2D eigenvalue weighted by Crippen LogP contribution is 2.32. The summed E-state index contributed by atoms with van der Waals surface area (Å²) in [4.78, 5) is 0. The van der Waals surface area contributed by atoms with Gasteiger partial charge < -0.3 is 14.6 Å². The molecule has 1 fully saturated rings. The van der Waals surface area contributed by atoms with E-state index in [4.69, 9.17) is 9.47 Å². The van der Waals surface area contributed by atoms with Gasteiger partial charge in [0.25, 0.3) is 0 Å². The van der Waals surface area contributed by atoms with Gasteiger partial charge in [-0.25, -0.2) is 0 Å². The van der Waals surface area contributed by atoms with E-state index in [0.717, 1.165) is 30.8 Å². The molecule has 0 spiro atoms. The van der Waals surface area contributed by atoms with Gasteiger partial charge in [0.1, 0.15) is 18.1 Å². The molecule has 1 saturated carbocycles. The molecule has 1 N–H and O–H groups in total. The van der Waals surface area contributed by atoms with Crippen LogP contribution in [0.1, 0.15) is 19.3 Å². The van der Waals surface area contributed by atoms with Gasteiger partial charge in [-0.1, -0.05) is 0 Å². The van der Waals surface area contributed by atoms with Gasteiger partial charge in [0, 0.05) is 0 Å². The van der Waals surface area contributed by atoms with Crippen molar-refractivity contribution in [2.45, 2.75) is 24.9 Å². The topological polar surface area (TPSA) is 38.7 Å². The zero-order chi connectivity index (χ0) is 10.7. The van der Waals surface area contributed by atoms with Gasteiger partial charge in [0.2, 0.25) is 0 Å².